The quantitative estimate of drug-likeness (QED) is 0.574. The maximum absolute atomic E-state index is 12.7. The van der Waals surface area contributed by atoms with Gasteiger partial charge in [0.2, 0.25) is 5.69 Å². The van der Waals surface area contributed by atoms with Crippen LogP contribution in [-0.2, 0) is 5.41 Å². The largest absolute Gasteiger partial charge is 0.618 e. The molecule has 0 fully saturated rings. The van der Waals surface area contributed by atoms with Gasteiger partial charge in [0.15, 0.2) is 0 Å². The van der Waals surface area contributed by atoms with E-state index >= 15 is 0 Å². The lowest BCUT2D eigenvalue weighted by molar-refractivity contribution is -0.355. The number of nitrogens with zero attached hydrogens (tertiary/aromatic N) is 1. The summed E-state index contributed by atoms with van der Waals surface area (Å²) in [7, 11) is 0. The van der Waals surface area contributed by atoms with E-state index in [-0.39, 0.29) is 27.9 Å². The van der Waals surface area contributed by atoms with Crippen molar-refractivity contribution in [3.05, 3.63) is 64.4 Å². The van der Waals surface area contributed by atoms with Crippen molar-refractivity contribution < 1.29 is 27.4 Å². The van der Waals surface area contributed by atoms with E-state index in [0.29, 0.717) is 4.74 Å². The van der Waals surface area contributed by atoms with Gasteiger partial charge in [0.1, 0.15) is 11.3 Å². The molecule has 7 heteroatoms. The topological polar surface area (TPSA) is 52.4 Å². The molecule has 1 aliphatic rings. The molecule has 0 saturated heterocycles. The van der Waals surface area contributed by atoms with Crippen LogP contribution in [0, 0.1) is 5.21 Å². The van der Waals surface area contributed by atoms with Gasteiger partial charge >= 0.3 is 6.36 Å². The van der Waals surface area contributed by atoms with Crippen molar-refractivity contribution in [1.29, 1.82) is 0 Å². The molecule has 1 heterocycles. The molecule has 4 nitrogen and oxygen atoms in total. The Morgan fingerprint density at radius 2 is 1.73 bits per heavy atom. The molecular formula is C19H16F3NO3. The Kier molecular flexibility index (Phi) is 4.05. The molecular weight excluding hydrogens is 347 g/mol. The van der Waals surface area contributed by atoms with Gasteiger partial charge in [-0.2, -0.15) is 4.74 Å². The summed E-state index contributed by atoms with van der Waals surface area (Å²) in [5.41, 5.74) is 0.934. The SMILES string of the molecule is CC(C)(C)c1ccc2c(c1)C(=O)C(c1cccc(OC(F)(F)F)c1)=[N+]2[O-]. The Morgan fingerprint density at radius 1 is 1.04 bits per heavy atom. The number of hydrogen-bond donors (Lipinski definition) is 0. The number of carbonyl (C=O) groups excluding carboxylic acids is 1. The first kappa shape index (κ1) is 18.0. The number of Topliss-reactive ketones (excluding diaryl/α,β-unsaturated/α-hetero) is 1. The first-order valence-electron chi connectivity index (χ1n) is 7.87. The molecule has 0 bridgehead atoms. The fourth-order valence-electron chi connectivity index (χ4n) is 2.79. The molecule has 0 amide bonds. The van der Waals surface area contributed by atoms with Crippen molar-refractivity contribution >= 4 is 17.2 Å². The molecule has 0 aromatic heterocycles. The molecule has 0 spiro atoms. The summed E-state index contributed by atoms with van der Waals surface area (Å²) >= 11 is 0. The highest BCUT2D eigenvalue weighted by molar-refractivity contribution is 6.52. The predicted octanol–water partition coefficient (Wildman–Crippen LogP) is 4.71. The van der Waals surface area contributed by atoms with E-state index in [1.165, 1.54) is 12.1 Å². The Bertz CT molecular complexity index is 924. The molecule has 0 unspecified atom stereocenters. The van der Waals surface area contributed by atoms with Gasteiger partial charge in [0, 0.05) is 6.07 Å². The van der Waals surface area contributed by atoms with Crippen LogP contribution in [-0.4, -0.2) is 22.6 Å². The fourth-order valence-corrected chi connectivity index (χ4v) is 2.79. The average molecular weight is 363 g/mol. The monoisotopic (exact) mass is 363 g/mol. The Balaban J connectivity index is 2.03. The Labute approximate surface area is 148 Å². The number of ether oxygens (including phenoxy) is 1. The smallest absolute Gasteiger partial charge is 0.573 e. The summed E-state index contributed by atoms with van der Waals surface area (Å²) < 4.78 is 41.5. The van der Waals surface area contributed by atoms with E-state index in [2.05, 4.69) is 4.74 Å². The lowest BCUT2D eigenvalue weighted by atomic mass is 9.85. The second kappa shape index (κ2) is 5.86. The van der Waals surface area contributed by atoms with Crippen molar-refractivity contribution in [3.8, 4) is 5.75 Å². The van der Waals surface area contributed by atoms with Crippen LogP contribution in [0.15, 0.2) is 42.5 Å². The summed E-state index contributed by atoms with van der Waals surface area (Å²) in [6.45, 7) is 5.93. The number of benzene rings is 2. The van der Waals surface area contributed by atoms with Gasteiger partial charge in [-0.1, -0.05) is 32.9 Å². The lowest BCUT2D eigenvalue weighted by Crippen LogP contribution is -2.19. The van der Waals surface area contributed by atoms with Crippen molar-refractivity contribution in [2.24, 2.45) is 0 Å². The van der Waals surface area contributed by atoms with Crippen molar-refractivity contribution in [2.75, 3.05) is 0 Å². The first-order valence-corrected chi connectivity index (χ1v) is 7.87. The van der Waals surface area contributed by atoms with Crippen LogP contribution in [0.1, 0.15) is 42.3 Å². The first-order chi connectivity index (χ1) is 12.0. The number of rotatable bonds is 2. The van der Waals surface area contributed by atoms with E-state index in [1.54, 1.807) is 18.2 Å². The standard InChI is InChI=1S/C19H16F3NO3/c1-18(2,3)12-7-8-15-14(10-12)17(24)16(23(15)25)11-5-4-6-13(9-11)26-19(20,21)22/h4-10H,1-3H3. The third-order valence-electron chi connectivity index (χ3n) is 4.09. The second-order valence-electron chi connectivity index (χ2n) is 7.03. The molecule has 3 rings (SSSR count). The van der Waals surface area contributed by atoms with Gasteiger partial charge < -0.3 is 9.94 Å². The van der Waals surface area contributed by atoms with E-state index in [9.17, 15) is 23.2 Å². The van der Waals surface area contributed by atoms with Gasteiger partial charge in [-0.05, 0) is 35.2 Å². The summed E-state index contributed by atoms with van der Waals surface area (Å²) in [4.78, 5) is 12.7. The van der Waals surface area contributed by atoms with Crippen LogP contribution < -0.4 is 4.74 Å². The van der Waals surface area contributed by atoms with Gasteiger partial charge in [-0.15, -0.1) is 13.2 Å². The van der Waals surface area contributed by atoms with Gasteiger partial charge in [0.05, 0.1) is 5.56 Å². The molecule has 0 saturated carbocycles. The maximum Gasteiger partial charge on any atom is 0.573 e. The minimum atomic E-state index is -4.86. The van der Waals surface area contributed by atoms with E-state index in [4.69, 9.17) is 0 Å². The molecule has 0 aliphatic carbocycles. The van der Waals surface area contributed by atoms with Crippen LogP contribution in [0.3, 0.4) is 0 Å². The van der Waals surface area contributed by atoms with Crippen LogP contribution in [0.25, 0.3) is 0 Å². The third-order valence-corrected chi connectivity index (χ3v) is 4.09. The molecule has 0 N–H and O–H groups in total. The fraction of sp³-hybridized carbons (Fsp3) is 0.263. The summed E-state index contributed by atoms with van der Waals surface area (Å²) in [6.07, 6.45) is -4.86. The number of ketones is 1. The van der Waals surface area contributed by atoms with Crippen LogP contribution in [0.2, 0.25) is 0 Å². The van der Waals surface area contributed by atoms with Gasteiger partial charge in [-0.25, -0.2) is 0 Å². The number of fused-ring (bicyclic) bond motifs is 1. The molecule has 1 aliphatic heterocycles. The van der Waals surface area contributed by atoms with E-state index in [0.717, 1.165) is 17.7 Å². The Hall–Kier alpha value is -2.83. The van der Waals surface area contributed by atoms with Gasteiger partial charge in [0.25, 0.3) is 11.5 Å². The number of halogens is 3. The zero-order valence-electron chi connectivity index (χ0n) is 14.3. The minimum Gasteiger partial charge on any atom is -0.618 e. The highest BCUT2D eigenvalue weighted by Crippen LogP contribution is 2.33. The number of carbonyl (C=O) groups is 1. The molecule has 0 atom stereocenters. The van der Waals surface area contributed by atoms with E-state index in [1.807, 2.05) is 20.8 Å². The highest BCUT2D eigenvalue weighted by atomic mass is 19.4. The van der Waals surface area contributed by atoms with Crippen molar-refractivity contribution in [3.63, 3.8) is 0 Å². The summed E-state index contributed by atoms with van der Waals surface area (Å²) in [5, 5.41) is 12.6. The van der Waals surface area contributed by atoms with Crippen LogP contribution in [0.4, 0.5) is 18.9 Å². The molecule has 0 radical (unpaired) electrons. The maximum atomic E-state index is 12.7. The summed E-state index contributed by atoms with van der Waals surface area (Å²) in [5.74, 6) is -1.01. The normalized spacial score (nSPS) is 14.6. The van der Waals surface area contributed by atoms with Crippen molar-refractivity contribution in [2.45, 2.75) is 32.5 Å². The van der Waals surface area contributed by atoms with E-state index < -0.39 is 17.9 Å². The molecule has 136 valence electrons. The molecule has 2 aromatic carbocycles. The highest BCUT2D eigenvalue weighted by Gasteiger charge is 2.38. The predicted molar refractivity (Wildman–Crippen MR) is 90.0 cm³/mol. The molecule has 26 heavy (non-hydrogen) atoms. The second-order valence-corrected chi connectivity index (χ2v) is 7.03. The summed E-state index contributed by atoms with van der Waals surface area (Å²) in [6, 6.07) is 9.82. The average Bonchev–Trinajstić information content (AvgIpc) is 2.76. The number of hydrogen-bond acceptors (Lipinski definition) is 3. The lowest BCUT2D eigenvalue weighted by Gasteiger charge is -2.19. The number of alkyl halides is 3. The minimum absolute atomic E-state index is 0.0697. The Morgan fingerprint density at radius 3 is 2.35 bits per heavy atom. The van der Waals surface area contributed by atoms with Crippen LogP contribution >= 0.6 is 0 Å². The van der Waals surface area contributed by atoms with Crippen LogP contribution in [0.5, 0.6) is 5.75 Å². The molecule has 2 aromatic rings. The zero-order chi connectivity index (χ0) is 19.3. The third kappa shape index (κ3) is 3.29. The van der Waals surface area contributed by atoms with Gasteiger partial charge in [-0.3, -0.25) is 4.79 Å². The van der Waals surface area contributed by atoms with Crippen molar-refractivity contribution in [1.82, 2.24) is 0 Å². The zero-order valence-corrected chi connectivity index (χ0v) is 14.3.